The summed E-state index contributed by atoms with van der Waals surface area (Å²) >= 11 is 6.64. The SMILES string of the molecule is C[C@@H](NCc1ccc(Br)c([N+](=O)[O-])c1)c1cccc(Br)c1. The third-order valence-corrected chi connectivity index (χ3v) is 4.33. The fourth-order valence-corrected chi connectivity index (χ4v) is 2.78. The molecule has 6 heteroatoms. The van der Waals surface area contributed by atoms with Crippen LogP contribution in [0.4, 0.5) is 5.69 Å². The number of benzene rings is 2. The Morgan fingerprint density at radius 3 is 2.67 bits per heavy atom. The van der Waals surface area contributed by atoms with Gasteiger partial charge in [-0.2, -0.15) is 0 Å². The Kier molecular flexibility index (Phi) is 5.50. The molecule has 1 N–H and O–H groups in total. The molecule has 2 aromatic carbocycles. The fourth-order valence-electron chi connectivity index (χ4n) is 1.97. The van der Waals surface area contributed by atoms with Crippen molar-refractivity contribution in [3.8, 4) is 0 Å². The number of nitro benzene ring substituents is 1. The van der Waals surface area contributed by atoms with Crippen molar-refractivity contribution in [2.24, 2.45) is 0 Å². The molecule has 2 aromatic rings. The van der Waals surface area contributed by atoms with Gasteiger partial charge in [-0.05, 0) is 52.2 Å². The van der Waals surface area contributed by atoms with Crippen LogP contribution >= 0.6 is 31.9 Å². The molecule has 0 aliphatic carbocycles. The molecule has 2 rings (SSSR count). The van der Waals surface area contributed by atoms with Crippen molar-refractivity contribution in [2.45, 2.75) is 19.5 Å². The lowest BCUT2D eigenvalue weighted by Gasteiger charge is -2.14. The van der Waals surface area contributed by atoms with Crippen LogP contribution in [0, 0.1) is 10.1 Å². The predicted molar refractivity (Wildman–Crippen MR) is 90.2 cm³/mol. The first-order valence-electron chi connectivity index (χ1n) is 6.39. The Bertz CT molecular complexity index is 662. The minimum absolute atomic E-state index is 0.0874. The Hall–Kier alpha value is -1.24. The van der Waals surface area contributed by atoms with Crippen LogP contribution in [0.2, 0.25) is 0 Å². The summed E-state index contributed by atoms with van der Waals surface area (Å²) in [6, 6.07) is 13.4. The van der Waals surface area contributed by atoms with Crippen molar-refractivity contribution in [3.05, 3.63) is 72.7 Å². The largest absolute Gasteiger partial charge is 0.306 e. The van der Waals surface area contributed by atoms with Crippen LogP contribution < -0.4 is 5.32 Å². The molecule has 0 bridgehead atoms. The molecule has 0 saturated heterocycles. The van der Waals surface area contributed by atoms with Gasteiger partial charge in [-0.1, -0.05) is 34.1 Å². The van der Waals surface area contributed by atoms with Gasteiger partial charge in [0, 0.05) is 23.1 Å². The maximum Gasteiger partial charge on any atom is 0.283 e. The highest BCUT2D eigenvalue weighted by molar-refractivity contribution is 9.10. The lowest BCUT2D eigenvalue weighted by molar-refractivity contribution is -0.385. The number of rotatable bonds is 5. The number of hydrogen-bond acceptors (Lipinski definition) is 3. The normalized spacial score (nSPS) is 12.1. The first-order valence-corrected chi connectivity index (χ1v) is 7.97. The molecule has 110 valence electrons. The summed E-state index contributed by atoms with van der Waals surface area (Å²) in [6.07, 6.45) is 0. The van der Waals surface area contributed by atoms with Crippen molar-refractivity contribution in [2.75, 3.05) is 0 Å². The van der Waals surface area contributed by atoms with Crippen molar-refractivity contribution in [3.63, 3.8) is 0 Å². The molecular weight excluding hydrogens is 400 g/mol. The third-order valence-electron chi connectivity index (χ3n) is 3.17. The van der Waals surface area contributed by atoms with Gasteiger partial charge in [0.15, 0.2) is 0 Å². The van der Waals surface area contributed by atoms with Crippen LogP contribution in [0.3, 0.4) is 0 Å². The van der Waals surface area contributed by atoms with Gasteiger partial charge in [-0.25, -0.2) is 0 Å². The van der Waals surface area contributed by atoms with E-state index in [2.05, 4.69) is 50.2 Å². The van der Waals surface area contributed by atoms with E-state index in [1.54, 1.807) is 12.1 Å². The van der Waals surface area contributed by atoms with E-state index in [9.17, 15) is 10.1 Å². The molecule has 0 unspecified atom stereocenters. The quantitative estimate of drug-likeness (QED) is 0.556. The molecular formula is C15H14Br2N2O2. The van der Waals surface area contributed by atoms with Crippen LogP contribution in [0.25, 0.3) is 0 Å². The molecule has 21 heavy (non-hydrogen) atoms. The summed E-state index contributed by atoms with van der Waals surface area (Å²) < 4.78 is 1.53. The molecule has 0 aromatic heterocycles. The summed E-state index contributed by atoms with van der Waals surface area (Å²) in [7, 11) is 0. The van der Waals surface area contributed by atoms with Crippen molar-refractivity contribution in [1.29, 1.82) is 0 Å². The first-order chi connectivity index (χ1) is 9.97. The zero-order chi connectivity index (χ0) is 15.4. The van der Waals surface area contributed by atoms with Gasteiger partial charge in [0.1, 0.15) is 0 Å². The van der Waals surface area contributed by atoms with E-state index in [1.807, 2.05) is 24.3 Å². The molecule has 0 amide bonds. The Morgan fingerprint density at radius 2 is 2.00 bits per heavy atom. The van der Waals surface area contributed by atoms with Crippen molar-refractivity contribution < 1.29 is 4.92 Å². The average molecular weight is 414 g/mol. The predicted octanol–water partition coefficient (Wildman–Crippen LogP) is 4.97. The second-order valence-electron chi connectivity index (χ2n) is 4.70. The molecule has 0 heterocycles. The molecule has 0 saturated carbocycles. The monoisotopic (exact) mass is 412 g/mol. The average Bonchev–Trinajstić information content (AvgIpc) is 2.45. The van der Waals surface area contributed by atoms with E-state index in [4.69, 9.17) is 0 Å². The third kappa shape index (κ3) is 4.36. The van der Waals surface area contributed by atoms with E-state index in [1.165, 1.54) is 0 Å². The molecule has 0 aliphatic rings. The number of nitrogens with zero attached hydrogens (tertiary/aromatic N) is 1. The summed E-state index contributed by atoms with van der Waals surface area (Å²) in [5.74, 6) is 0. The zero-order valence-corrected chi connectivity index (χ0v) is 14.5. The zero-order valence-electron chi connectivity index (χ0n) is 11.3. The van der Waals surface area contributed by atoms with E-state index in [-0.39, 0.29) is 16.7 Å². The summed E-state index contributed by atoms with van der Waals surface area (Å²) in [5, 5.41) is 14.3. The fraction of sp³-hybridized carbons (Fsp3) is 0.200. The summed E-state index contributed by atoms with van der Waals surface area (Å²) in [6.45, 7) is 2.64. The molecule has 0 radical (unpaired) electrons. The Balaban J connectivity index is 2.06. The van der Waals surface area contributed by atoms with E-state index < -0.39 is 0 Å². The lowest BCUT2D eigenvalue weighted by atomic mass is 10.1. The van der Waals surface area contributed by atoms with Gasteiger partial charge in [-0.3, -0.25) is 10.1 Å². The smallest absolute Gasteiger partial charge is 0.283 e. The van der Waals surface area contributed by atoms with Crippen LogP contribution in [0.5, 0.6) is 0 Å². The molecule has 0 spiro atoms. The highest BCUT2D eigenvalue weighted by atomic mass is 79.9. The van der Waals surface area contributed by atoms with Gasteiger partial charge >= 0.3 is 0 Å². The second-order valence-corrected chi connectivity index (χ2v) is 6.47. The number of halogens is 2. The van der Waals surface area contributed by atoms with Crippen LogP contribution in [-0.4, -0.2) is 4.92 Å². The summed E-state index contributed by atoms with van der Waals surface area (Å²) in [5.41, 5.74) is 2.13. The molecule has 4 nitrogen and oxygen atoms in total. The molecule has 1 atom stereocenters. The van der Waals surface area contributed by atoms with Crippen LogP contribution in [0.1, 0.15) is 24.1 Å². The lowest BCUT2D eigenvalue weighted by Crippen LogP contribution is -2.18. The summed E-state index contributed by atoms with van der Waals surface area (Å²) in [4.78, 5) is 10.5. The minimum Gasteiger partial charge on any atom is -0.306 e. The van der Waals surface area contributed by atoms with Gasteiger partial charge in [0.25, 0.3) is 5.69 Å². The van der Waals surface area contributed by atoms with Gasteiger partial charge in [0.2, 0.25) is 0 Å². The first kappa shape index (κ1) is 16.1. The van der Waals surface area contributed by atoms with Gasteiger partial charge < -0.3 is 5.32 Å². The standard InChI is InChI=1S/C15H14Br2N2O2/c1-10(12-3-2-4-13(16)8-12)18-9-11-5-6-14(17)15(7-11)19(20)21/h2-8,10,18H,9H2,1H3/t10-/m1/s1. The highest BCUT2D eigenvalue weighted by Crippen LogP contribution is 2.26. The van der Waals surface area contributed by atoms with Crippen LogP contribution in [-0.2, 0) is 6.54 Å². The maximum absolute atomic E-state index is 10.9. The van der Waals surface area contributed by atoms with E-state index in [0.29, 0.717) is 11.0 Å². The Labute approximate surface area is 140 Å². The van der Waals surface area contributed by atoms with Gasteiger partial charge in [0.05, 0.1) is 9.40 Å². The van der Waals surface area contributed by atoms with Crippen molar-refractivity contribution >= 4 is 37.5 Å². The Morgan fingerprint density at radius 1 is 1.24 bits per heavy atom. The number of hydrogen-bond donors (Lipinski definition) is 1. The van der Waals surface area contributed by atoms with E-state index >= 15 is 0 Å². The maximum atomic E-state index is 10.9. The minimum atomic E-state index is -0.384. The number of nitro groups is 1. The molecule has 0 aliphatic heterocycles. The highest BCUT2D eigenvalue weighted by Gasteiger charge is 2.13. The topological polar surface area (TPSA) is 55.2 Å². The van der Waals surface area contributed by atoms with Crippen LogP contribution in [0.15, 0.2) is 51.4 Å². The molecule has 0 fully saturated rings. The van der Waals surface area contributed by atoms with Gasteiger partial charge in [-0.15, -0.1) is 0 Å². The second kappa shape index (κ2) is 7.15. The van der Waals surface area contributed by atoms with E-state index in [0.717, 1.165) is 15.6 Å². The van der Waals surface area contributed by atoms with Crippen molar-refractivity contribution in [1.82, 2.24) is 5.32 Å². The number of nitrogens with one attached hydrogen (secondary N) is 1.